The lowest BCUT2D eigenvalue weighted by Crippen LogP contribution is -2.32. The number of aliphatic imine (C=N–C) groups is 1. The van der Waals surface area contributed by atoms with Crippen LogP contribution in [-0.2, 0) is 4.79 Å². The molecule has 5 nitrogen and oxygen atoms in total. The zero-order chi connectivity index (χ0) is 16.0. The molecule has 21 heavy (non-hydrogen) atoms. The van der Waals surface area contributed by atoms with Gasteiger partial charge in [0.15, 0.2) is 0 Å². The molecule has 0 radical (unpaired) electrons. The van der Waals surface area contributed by atoms with Crippen molar-refractivity contribution in [3.05, 3.63) is 47.2 Å². The Balaban J connectivity index is 3.22. The Morgan fingerprint density at radius 2 is 2.10 bits per heavy atom. The minimum atomic E-state index is -4.80. The Labute approximate surface area is 116 Å². The normalized spacial score (nSPS) is 17.4. The molecule has 4 N–H and O–H groups in total. The van der Waals surface area contributed by atoms with Gasteiger partial charge < -0.3 is 10.8 Å². The Morgan fingerprint density at radius 1 is 1.43 bits per heavy atom. The molecule has 0 aromatic carbocycles. The van der Waals surface area contributed by atoms with E-state index >= 15 is 0 Å². The minimum absolute atomic E-state index is 0.0626. The predicted octanol–water partition coefficient (Wildman–Crippen LogP) is 2.12. The zero-order valence-corrected chi connectivity index (χ0v) is 10.5. The lowest BCUT2D eigenvalue weighted by molar-refractivity contribution is -0.148. The third kappa shape index (κ3) is 5.93. The Morgan fingerprint density at radius 3 is 2.67 bits per heavy atom. The second-order valence-corrected chi connectivity index (χ2v) is 3.86. The first kappa shape index (κ1) is 16.5. The van der Waals surface area contributed by atoms with Gasteiger partial charge in [0.25, 0.3) is 0 Å². The number of carbonyl (C=O) groups excluding carboxylic acids is 1. The molecule has 1 aliphatic rings. The molecule has 9 heteroatoms. The molecule has 0 bridgehead atoms. The van der Waals surface area contributed by atoms with Crippen LogP contribution >= 0.6 is 0 Å². The van der Waals surface area contributed by atoms with Crippen molar-refractivity contribution in [1.29, 1.82) is 0 Å². The van der Waals surface area contributed by atoms with E-state index in [4.69, 9.17) is 5.73 Å². The second kappa shape index (κ2) is 6.73. The summed E-state index contributed by atoms with van der Waals surface area (Å²) < 4.78 is 50.5. The fourth-order valence-corrected chi connectivity index (χ4v) is 1.46. The van der Waals surface area contributed by atoms with Crippen LogP contribution in [0, 0.1) is 0 Å². The van der Waals surface area contributed by atoms with Gasteiger partial charge in [-0.3, -0.25) is 10.1 Å². The third-order valence-corrected chi connectivity index (χ3v) is 2.21. The summed E-state index contributed by atoms with van der Waals surface area (Å²) in [6.45, 7) is 0. The monoisotopic (exact) mass is 305 g/mol. The summed E-state index contributed by atoms with van der Waals surface area (Å²) in [7, 11) is 0. The first-order chi connectivity index (χ1) is 9.71. The molecular formula is C12H11F4N3O2. The van der Waals surface area contributed by atoms with E-state index in [2.05, 4.69) is 4.99 Å². The summed E-state index contributed by atoms with van der Waals surface area (Å²) in [6.07, 6.45) is -1.47. The summed E-state index contributed by atoms with van der Waals surface area (Å²) in [4.78, 5) is 13.2. The molecule has 0 saturated carbocycles. The van der Waals surface area contributed by atoms with Crippen molar-refractivity contribution in [2.45, 2.75) is 12.7 Å². The topological polar surface area (TPSA) is 87.7 Å². The fourth-order valence-electron chi connectivity index (χ4n) is 1.46. The molecule has 0 saturated heterocycles. The van der Waals surface area contributed by atoms with E-state index in [1.54, 1.807) is 0 Å². The van der Waals surface area contributed by atoms with Crippen LogP contribution in [0.4, 0.5) is 17.6 Å². The van der Waals surface area contributed by atoms with Crippen LogP contribution in [0.3, 0.4) is 0 Å². The SMILES string of the molecule is NC(/C=C(\NC(F)(F)F)C1=CCC(F)=CC(O)=C1)=NC=O. The zero-order valence-electron chi connectivity index (χ0n) is 10.5. The maximum atomic E-state index is 13.1. The number of aliphatic hydroxyl groups is 1. The predicted molar refractivity (Wildman–Crippen MR) is 67.6 cm³/mol. The molecule has 0 spiro atoms. The molecular weight excluding hydrogens is 294 g/mol. The molecule has 1 aliphatic carbocycles. The number of nitrogens with two attached hydrogens (primary N) is 1. The molecule has 0 heterocycles. The number of alkyl halides is 3. The van der Waals surface area contributed by atoms with Crippen molar-refractivity contribution < 1.29 is 27.5 Å². The Hall–Kier alpha value is -2.58. The highest BCUT2D eigenvalue weighted by Crippen LogP contribution is 2.23. The number of aliphatic hydroxyl groups excluding tert-OH is 1. The fraction of sp³-hybridized carbons (Fsp3) is 0.167. The largest absolute Gasteiger partial charge is 0.508 e. The molecule has 1 rings (SSSR count). The Kier molecular flexibility index (Phi) is 5.28. The van der Waals surface area contributed by atoms with Gasteiger partial charge in [0, 0.05) is 18.6 Å². The van der Waals surface area contributed by atoms with Gasteiger partial charge in [-0.15, -0.1) is 0 Å². The first-order valence-corrected chi connectivity index (χ1v) is 5.52. The molecule has 0 fully saturated rings. The highest BCUT2D eigenvalue weighted by atomic mass is 19.4. The van der Waals surface area contributed by atoms with Gasteiger partial charge in [-0.1, -0.05) is 6.08 Å². The van der Waals surface area contributed by atoms with E-state index in [-0.39, 0.29) is 18.4 Å². The van der Waals surface area contributed by atoms with Gasteiger partial charge in [-0.2, -0.15) is 18.2 Å². The molecule has 1 amide bonds. The molecule has 0 unspecified atom stereocenters. The summed E-state index contributed by atoms with van der Waals surface area (Å²) in [5.74, 6) is -1.76. The number of nitrogens with zero attached hydrogens (tertiary/aromatic N) is 1. The summed E-state index contributed by atoms with van der Waals surface area (Å²) in [5.41, 5.74) is 4.51. The van der Waals surface area contributed by atoms with Gasteiger partial charge >= 0.3 is 6.30 Å². The van der Waals surface area contributed by atoms with Crippen molar-refractivity contribution in [2.24, 2.45) is 10.7 Å². The van der Waals surface area contributed by atoms with Crippen LogP contribution in [0.25, 0.3) is 0 Å². The highest BCUT2D eigenvalue weighted by Gasteiger charge is 2.29. The third-order valence-electron chi connectivity index (χ3n) is 2.21. The van der Waals surface area contributed by atoms with Crippen LogP contribution in [0.5, 0.6) is 0 Å². The molecule has 0 atom stereocenters. The molecule has 0 aromatic heterocycles. The molecule has 114 valence electrons. The van der Waals surface area contributed by atoms with E-state index in [1.165, 1.54) is 5.32 Å². The minimum Gasteiger partial charge on any atom is -0.508 e. The summed E-state index contributed by atoms with van der Waals surface area (Å²) >= 11 is 0. The van der Waals surface area contributed by atoms with E-state index < -0.39 is 29.4 Å². The molecule has 0 aliphatic heterocycles. The van der Waals surface area contributed by atoms with Gasteiger partial charge in [0.05, 0.1) is 5.70 Å². The number of halogens is 4. The molecule has 0 aromatic rings. The number of hydrogen-bond donors (Lipinski definition) is 3. The van der Waals surface area contributed by atoms with Crippen molar-refractivity contribution in [3.8, 4) is 0 Å². The number of carbonyl (C=O) groups is 1. The first-order valence-electron chi connectivity index (χ1n) is 5.52. The number of nitrogens with one attached hydrogen (secondary N) is 1. The number of hydrogen-bond acceptors (Lipinski definition) is 3. The van der Waals surface area contributed by atoms with Crippen LogP contribution in [0.1, 0.15) is 6.42 Å². The quantitative estimate of drug-likeness (QED) is 0.244. The maximum Gasteiger partial charge on any atom is 0.482 e. The summed E-state index contributed by atoms with van der Waals surface area (Å²) in [6, 6.07) is 0. The standard InChI is InChI=1S/C12H11F4N3O2/c13-8-2-1-7(3-9(21)4-8)10(19-12(14,15)16)5-11(17)18-6-20/h1,3-6,19,21H,2H2,(H2,17,18,20)/b10-5-. The van der Waals surface area contributed by atoms with Crippen molar-refractivity contribution in [3.63, 3.8) is 0 Å². The number of rotatable bonds is 4. The van der Waals surface area contributed by atoms with Crippen molar-refractivity contribution in [1.82, 2.24) is 5.32 Å². The average Bonchev–Trinajstić information content (AvgIpc) is 2.48. The lowest BCUT2D eigenvalue weighted by atomic mass is 10.1. The Bertz CT molecular complexity index is 572. The maximum absolute atomic E-state index is 13.1. The average molecular weight is 305 g/mol. The lowest BCUT2D eigenvalue weighted by Gasteiger charge is -2.14. The van der Waals surface area contributed by atoms with Gasteiger partial charge in [0.2, 0.25) is 6.41 Å². The van der Waals surface area contributed by atoms with Crippen LogP contribution < -0.4 is 11.1 Å². The van der Waals surface area contributed by atoms with Crippen molar-refractivity contribution in [2.75, 3.05) is 0 Å². The van der Waals surface area contributed by atoms with E-state index in [1.807, 2.05) is 0 Å². The number of amides is 1. The van der Waals surface area contributed by atoms with Crippen molar-refractivity contribution >= 4 is 12.2 Å². The smallest absolute Gasteiger partial charge is 0.482 e. The van der Waals surface area contributed by atoms with E-state index in [0.717, 1.165) is 24.3 Å². The van der Waals surface area contributed by atoms with Gasteiger partial charge in [0.1, 0.15) is 17.4 Å². The van der Waals surface area contributed by atoms with Crippen LogP contribution in [0.15, 0.2) is 52.2 Å². The second-order valence-electron chi connectivity index (χ2n) is 3.86. The van der Waals surface area contributed by atoms with E-state index in [9.17, 15) is 27.5 Å². The van der Waals surface area contributed by atoms with Crippen LogP contribution in [-0.4, -0.2) is 23.7 Å². The van der Waals surface area contributed by atoms with Crippen LogP contribution in [0.2, 0.25) is 0 Å². The highest BCUT2D eigenvalue weighted by molar-refractivity contribution is 5.96. The number of amidine groups is 1. The number of allylic oxidation sites excluding steroid dienone is 4. The van der Waals surface area contributed by atoms with Gasteiger partial charge in [-0.05, 0) is 11.6 Å². The van der Waals surface area contributed by atoms with Gasteiger partial charge in [-0.25, -0.2) is 4.39 Å². The van der Waals surface area contributed by atoms with E-state index in [0.29, 0.717) is 0 Å². The summed E-state index contributed by atoms with van der Waals surface area (Å²) in [5, 5.41) is 10.6.